The largest absolute Gasteiger partial charge is 0.356 e. The zero-order valence-electron chi connectivity index (χ0n) is 16.0. The maximum atomic E-state index is 13.0. The van der Waals surface area contributed by atoms with Crippen LogP contribution in [0, 0.1) is 5.82 Å². The molecule has 1 N–H and O–H groups in total. The predicted octanol–water partition coefficient (Wildman–Crippen LogP) is 5.04. The molecule has 0 bridgehead atoms. The third kappa shape index (κ3) is 4.94. The maximum Gasteiger partial charge on any atom is 0.239 e. The molecule has 0 saturated carbocycles. The second kappa shape index (κ2) is 9.50. The summed E-state index contributed by atoms with van der Waals surface area (Å²) in [5.41, 5.74) is 1.85. The van der Waals surface area contributed by atoms with E-state index in [1.807, 2.05) is 31.2 Å². The zero-order valence-corrected chi connectivity index (χ0v) is 18.5. The molecule has 0 aliphatic carbocycles. The molecule has 2 aromatic carbocycles. The number of aromatic nitrogens is 3. The Morgan fingerprint density at radius 2 is 1.93 bits per heavy atom. The van der Waals surface area contributed by atoms with Crippen molar-refractivity contribution in [2.75, 3.05) is 22.5 Å². The van der Waals surface area contributed by atoms with Gasteiger partial charge in [-0.15, -0.1) is 10.2 Å². The second-order valence-corrected chi connectivity index (χ2v) is 9.45. The first-order chi connectivity index (χ1) is 14.6. The molecule has 10 heteroatoms. The van der Waals surface area contributed by atoms with Gasteiger partial charge >= 0.3 is 0 Å². The average molecular weight is 460 g/mol. The lowest BCUT2D eigenvalue weighted by Gasteiger charge is -2.16. The molecule has 1 amide bonds. The Hall–Kier alpha value is -2.56. The van der Waals surface area contributed by atoms with Crippen LogP contribution in [0.4, 0.5) is 14.7 Å². The standard InChI is InChI=1S/C20H18FN5OS3/c1-2-26(19-23-15-5-3-4-6-16(15)29-19)17(27)12-28-20-25-24-18(30-20)22-11-13-7-9-14(21)10-8-13/h3-10H,2,11-12H2,1H3,(H,22,24). The first-order valence-corrected chi connectivity index (χ1v) is 11.8. The number of halogens is 1. The summed E-state index contributed by atoms with van der Waals surface area (Å²) in [5, 5.41) is 12.8. The number of benzene rings is 2. The smallest absolute Gasteiger partial charge is 0.239 e. The van der Waals surface area contributed by atoms with E-state index in [4.69, 9.17) is 0 Å². The van der Waals surface area contributed by atoms with Crippen LogP contribution in [0.2, 0.25) is 0 Å². The number of nitrogens with zero attached hydrogens (tertiary/aromatic N) is 4. The summed E-state index contributed by atoms with van der Waals surface area (Å²) in [4.78, 5) is 19.0. The summed E-state index contributed by atoms with van der Waals surface area (Å²) >= 11 is 4.26. The molecular formula is C20H18FN5OS3. The number of hydrogen-bond acceptors (Lipinski definition) is 8. The van der Waals surface area contributed by atoms with Crippen molar-refractivity contribution < 1.29 is 9.18 Å². The Morgan fingerprint density at radius 1 is 1.13 bits per heavy atom. The lowest BCUT2D eigenvalue weighted by atomic mass is 10.2. The zero-order chi connectivity index (χ0) is 20.9. The van der Waals surface area contributed by atoms with E-state index in [2.05, 4.69) is 20.5 Å². The van der Waals surface area contributed by atoms with Crippen LogP contribution < -0.4 is 10.2 Å². The van der Waals surface area contributed by atoms with Gasteiger partial charge in [0.05, 0.1) is 16.0 Å². The molecule has 0 radical (unpaired) electrons. The van der Waals surface area contributed by atoms with Gasteiger partial charge in [0, 0.05) is 13.1 Å². The third-order valence-corrected chi connectivity index (χ3v) is 7.27. The highest BCUT2D eigenvalue weighted by Crippen LogP contribution is 2.30. The molecule has 2 aromatic heterocycles. The highest BCUT2D eigenvalue weighted by atomic mass is 32.2. The van der Waals surface area contributed by atoms with Gasteiger partial charge in [-0.1, -0.05) is 58.7 Å². The fourth-order valence-electron chi connectivity index (χ4n) is 2.71. The number of anilines is 2. The number of rotatable bonds is 8. The molecule has 6 nitrogen and oxygen atoms in total. The fraction of sp³-hybridized carbons (Fsp3) is 0.200. The third-order valence-electron chi connectivity index (χ3n) is 4.21. The minimum absolute atomic E-state index is 0.0161. The number of fused-ring (bicyclic) bond motifs is 1. The Bertz CT molecular complexity index is 1110. The molecule has 0 spiro atoms. The van der Waals surface area contributed by atoms with E-state index in [0.717, 1.165) is 15.8 Å². The number of carbonyl (C=O) groups excluding carboxylic acids is 1. The van der Waals surface area contributed by atoms with E-state index in [0.29, 0.717) is 27.7 Å². The van der Waals surface area contributed by atoms with Crippen molar-refractivity contribution in [1.82, 2.24) is 15.2 Å². The molecule has 154 valence electrons. The Labute approximate surface area is 185 Å². The number of hydrogen-bond donors (Lipinski definition) is 1. The molecular weight excluding hydrogens is 441 g/mol. The van der Waals surface area contributed by atoms with Crippen molar-refractivity contribution in [2.24, 2.45) is 0 Å². The van der Waals surface area contributed by atoms with Crippen molar-refractivity contribution in [1.29, 1.82) is 0 Å². The molecule has 0 aliphatic heterocycles. The molecule has 30 heavy (non-hydrogen) atoms. The summed E-state index contributed by atoms with van der Waals surface area (Å²) in [6, 6.07) is 14.2. The van der Waals surface area contributed by atoms with Crippen LogP contribution in [-0.4, -0.2) is 33.4 Å². The van der Waals surface area contributed by atoms with Crippen LogP contribution in [-0.2, 0) is 11.3 Å². The SMILES string of the molecule is CCN(C(=O)CSc1nnc(NCc2ccc(F)cc2)s1)c1nc2ccccc2s1. The molecule has 4 aromatic rings. The summed E-state index contributed by atoms with van der Waals surface area (Å²) in [7, 11) is 0. The van der Waals surface area contributed by atoms with Gasteiger partial charge in [-0.05, 0) is 36.8 Å². The summed E-state index contributed by atoms with van der Waals surface area (Å²) < 4.78 is 14.7. The van der Waals surface area contributed by atoms with E-state index in [-0.39, 0.29) is 17.5 Å². The second-order valence-electron chi connectivity index (χ2n) is 6.24. The lowest BCUT2D eigenvalue weighted by Crippen LogP contribution is -2.31. The number of para-hydroxylation sites is 1. The van der Waals surface area contributed by atoms with Crippen molar-refractivity contribution in [3.8, 4) is 0 Å². The van der Waals surface area contributed by atoms with Gasteiger partial charge in [0.1, 0.15) is 5.82 Å². The van der Waals surface area contributed by atoms with Crippen molar-refractivity contribution in [3.05, 3.63) is 59.9 Å². The first kappa shape index (κ1) is 20.7. The van der Waals surface area contributed by atoms with Crippen LogP contribution in [0.3, 0.4) is 0 Å². The molecule has 0 saturated heterocycles. The van der Waals surface area contributed by atoms with Gasteiger partial charge in [-0.25, -0.2) is 9.37 Å². The van der Waals surface area contributed by atoms with Gasteiger partial charge in [0.25, 0.3) is 0 Å². The van der Waals surface area contributed by atoms with E-state index >= 15 is 0 Å². The number of nitrogens with one attached hydrogen (secondary N) is 1. The average Bonchev–Trinajstić information content (AvgIpc) is 3.39. The van der Waals surface area contributed by atoms with Gasteiger partial charge in [0.15, 0.2) is 9.47 Å². The van der Waals surface area contributed by atoms with Crippen LogP contribution in [0.5, 0.6) is 0 Å². The van der Waals surface area contributed by atoms with Crippen molar-refractivity contribution in [3.63, 3.8) is 0 Å². The van der Waals surface area contributed by atoms with E-state index < -0.39 is 0 Å². The first-order valence-electron chi connectivity index (χ1n) is 9.23. The van der Waals surface area contributed by atoms with Crippen molar-refractivity contribution in [2.45, 2.75) is 17.8 Å². The molecule has 0 atom stereocenters. The Balaban J connectivity index is 1.33. The van der Waals surface area contributed by atoms with E-state index in [1.165, 1.54) is 46.6 Å². The van der Waals surface area contributed by atoms with Crippen LogP contribution in [0.1, 0.15) is 12.5 Å². The summed E-state index contributed by atoms with van der Waals surface area (Å²) in [6.45, 7) is 3.02. The molecule has 2 heterocycles. The highest BCUT2D eigenvalue weighted by molar-refractivity contribution is 8.01. The molecule has 4 rings (SSSR count). The monoisotopic (exact) mass is 459 g/mol. The number of thiazole rings is 1. The molecule has 0 unspecified atom stereocenters. The van der Waals surface area contributed by atoms with Gasteiger partial charge in [-0.2, -0.15) is 0 Å². The normalized spacial score (nSPS) is 11.0. The number of carbonyl (C=O) groups is 1. The number of amides is 1. The van der Waals surface area contributed by atoms with Crippen LogP contribution >= 0.6 is 34.4 Å². The summed E-state index contributed by atoms with van der Waals surface area (Å²) in [6.07, 6.45) is 0. The predicted molar refractivity (Wildman–Crippen MR) is 122 cm³/mol. The van der Waals surface area contributed by atoms with Crippen molar-refractivity contribution >= 4 is 60.8 Å². The summed E-state index contributed by atoms with van der Waals surface area (Å²) in [5.74, 6) is -0.0151. The lowest BCUT2D eigenvalue weighted by molar-refractivity contribution is -0.116. The Kier molecular flexibility index (Phi) is 6.56. The highest BCUT2D eigenvalue weighted by Gasteiger charge is 2.19. The van der Waals surface area contributed by atoms with E-state index in [9.17, 15) is 9.18 Å². The molecule has 0 aliphatic rings. The Morgan fingerprint density at radius 3 is 2.70 bits per heavy atom. The minimum atomic E-state index is -0.259. The van der Waals surface area contributed by atoms with Gasteiger partial charge in [-0.3, -0.25) is 9.69 Å². The maximum absolute atomic E-state index is 13.0. The number of thioether (sulfide) groups is 1. The molecule has 0 fully saturated rings. The van der Waals surface area contributed by atoms with Crippen LogP contribution in [0.25, 0.3) is 10.2 Å². The van der Waals surface area contributed by atoms with Crippen LogP contribution in [0.15, 0.2) is 52.9 Å². The topological polar surface area (TPSA) is 71.0 Å². The van der Waals surface area contributed by atoms with E-state index in [1.54, 1.807) is 17.0 Å². The minimum Gasteiger partial charge on any atom is -0.356 e. The van der Waals surface area contributed by atoms with Gasteiger partial charge in [0.2, 0.25) is 11.0 Å². The fourth-order valence-corrected chi connectivity index (χ4v) is 5.38. The van der Waals surface area contributed by atoms with Gasteiger partial charge < -0.3 is 5.32 Å². The quantitative estimate of drug-likeness (QED) is 0.372.